The maximum absolute atomic E-state index is 13.5. The minimum atomic E-state index is -0.321. The van der Waals surface area contributed by atoms with Crippen LogP contribution in [0.25, 0.3) is 20.8 Å². The lowest BCUT2D eigenvalue weighted by molar-refractivity contribution is -0.129. The number of hydrogen-bond donors (Lipinski definition) is 1. The molecule has 0 bridgehead atoms. The smallest absolute Gasteiger partial charge is 0.263 e. The van der Waals surface area contributed by atoms with Crippen LogP contribution in [0.2, 0.25) is 0 Å². The van der Waals surface area contributed by atoms with Crippen molar-refractivity contribution in [3.05, 3.63) is 58.5 Å². The van der Waals surface area contributed by atoms with E-state index in [9.17, 15) is 9.59 Å². The van der Waals surface area contributed by atoms with Crippen LogP contribution in [0, 0.1) is 0 Å². The van der Waals surface area contributed by atoms with Gasteiger partial charge in [-0.25, -0.2) is 4.98 Å². The Kier molecular flexibility index (Phi) is 5.97. The fourth-order valence-corrected chi connectivity index (χ4v) is 6.58. The zero-order valence-electron chi connectivity index (χ0n) is 19.0. The van der Waals surface area contributed by atoms with Crippen molar-refractivity contribution in [3.63, 3.8) is 0 Å². The Labute approximate surface area is 205 Å². The number of nitrogens with zero attached hydrogens (tertiary/aromatic N) is 2. The van der Waals surface area contributed by atoms with Crippen molar-refractivity contribution in [2.75, 3.05) is 26.1 Å². The SMILES string of the molecule is COc1cccc(OC)c1C(=O)Nc1sc2c(c1-c1nc3ccccc3s1)CCN(C(C)=O)C2. The summed E-state index contributed by atoms with van der Waals surface area (Å²) in [6, 6.07) is 13.2. The first-order chi connectivity index (χ1) is 16.5. The van der Waals surface area contributed by atoms with Gasteiger partial charge in [-0.3, -0.25) is 9.59 Å². The van der Waals surface area contributed by atoms with Gasteiger partial charge in [0.25, 0.3) is 5.91 Å². The number of anilines is 1. The molecule has 1 aliphatic rings. The molecule has 0 fully saturated rings. The highest BCUT2D eigenvalue weighted by atomic mass is 32.1. The predicted molar refractivity (Wildman–Crippen MR) is 135 cm³/mol. The van der Waals surface area contributed by atoms with Crippen LogP contribution in [0.1, 0.15) is 27.7 Å². The highest BCUT2D eigenvalue weighted by molar-refractivity contribution is 7.23. The Morgan fingerprint density at radius 2 is 1.76 bits per heavy atom. The van der Waals surface area contributed by atoms with E-state index in [2.05, 4.69) is 5.32 Å². The summed E-state index contributed by atoms with van der Waals surface area (Å²) in [7, 11) is 3.05. The first kappa shape index (κ1) is 22.4. The van der Waals surface area contributed by atoms with Crippen LogP contribution >= 0.6 is 22.7 Å². The molecule has 2 aromatic carbocycles. The minimum Gasteiger partial charge on any atom is -0.496 e. The topological polar surface area (TPSA) is 80.8 Å². The molecule has 34 heavy (non-hydrogen) atoms. The molecule has 0 spiro atoms. The van der Waals surface area contributed by atoms with E-state index < -0.39 is 0 Å². The third kappa shape index (κ3) is 3.91. The molecule has 1 N–H and O–H groups in total. The number of aromatic nitrogens is 1. The Balaban J connectivity index is 1.61. The summed E-state index contributed by atoms with van der Waals surface area (Å²) >= 11 is 3.10. The molecular formula is C25H23N3O4S2. The third-order valence-electron chi connectivity index (χ3n) is 5.89. The number of fused-ring (bicyclic) bond motifs is 2. The standard InChI is InChI=1S/C25H23N3O4S2/c1-14(29)28-12-11-15-20(13-28)34-25(21(15)24-26-16-7-4-5-10-19(16)33-24)27-23(30)22-17(31-2)8-6-9-18(22)32-3/h4-10H,11-13H2,1-3H3,(H,27,30). The number of benzene rings is 2. The summed E-state index contributed by atoms with van der Waals surface area (Å²) in [5.74, 6) is 0.591. The number of hydrogen-bond acceptors (Lipinski definition) is 7. The molecule has 0 aliphatic carbocycles. The number of carbonyl (C=O) groups is 2. The number of ether oxygens (including phenoxy) is 2. The fourth-order valence-electron chi connectivity index (χ4n) is 4.21. The van der Waals surface area contributed by atoms with Crippen LogP contribution < -0.4 is 14.8 Å². The molecule has 0 radical (unpaired) electrons. The van der Waals surface area contributed by atoms with Crippen LogP contribution in [-0.2, 0) is 17.8 Å². The number of carbonyl (C=O) groups excluding carboxylic acids is 2. The zero-order chi connectivity index (χ0) is 23.8. The molecule has 174 valence electrons. The van der Waals surface area contributed by atoms with E-state index in [1.54, 1.807) is 36.5 Å². The largest absolute Gasteiger partial charge is 0.496 e. The average molecular weight is 494 g/mol. The highest BCUT2D eigenvalue weighted by Crippen LogP contribution is 2.46. The van der Waals surface area contributed by atoms with E-state index in [1.165, 1.54) is 25.6 Å². The van der Waals surface area contributed by atoms with Gasteiger partial charge in [0.1, 0.15) is 27.1 Å². The van der Waals surface area contributed by atoms with E-state index in [4.69, 9.17) is 14.5 Å². The molecule has 2 aromatic heterocycles. The van der Waals surface area contributed by atoms with Gasteiger partial charge < -0.3 is 19.7 Å². The molecule has 3 heterocycles. The minimum absolute atomic E-state index is 0.0462. The van der Waals surface area contributed by atoms with Crippen molar-refractivity contribution in [2.24, 2.45) is 0 Å². The summed E-state index contributed by atoms with van der Waals surface area (Å²) in [5, 5.41) is 4.68. The van der Waals surface area contributed by atoms with E-state index in [0.717, 1.165) is 31.2 Å². The Bertz CT molecular complexity index is 1350. The summed E-state index contributed by atoms with van der Waals surface area (Å²) in [6.45, 7) is 2.76. The number of methoxy groups -OCH3 is 2. The van der Waals surface area contributed by atoms with Crippen molar-refractivity contribution >= 4 is 49.7 Å². The van der Waals surface area contributed by atoms with Crippen molar-refractivity contribution < 1.29 is 19.1 Å². The number of amides is 2. The van der Waals surface area contributed by atoms with Gasteiger partial charge in [0.05, 0.1) is 31.0 Å². The first-order valence-electron chi connectivity index (χ1n) is 10.8. The van der Waals surface area contributed by atoms with Crippen molar-refractivity contribution in [1.29, 1.82) is 0 Å². The van der Waals surface area contributed by atoms with Crippen LogP contribution in [0.5, 0.6) is 11.5 Å². The molecule has 9 heteroatoms. The van der Waals surface area contributed by atoms with E-state index in [0.29, 0.717) is 41.6 Å². The van der Waals surface area contributed by atoms with Gasteiger partial charge in [-0.15, -0.1) is 22.7 Å². The Hall–Kier alpha value is -3.43. The van der Waals surface area contributed by atoms with Crippen LogP contribution in [0.3, 0.4) is 0 Å². The summed E-state index contributed by atoms with van der Waals surface area (Å²) in [5.41, 5.74) is 3.34. The van der Waals surface area contributed by atoms with Gasteiger partial charge in [-0.05, 0) is 36.2 Å². The lowest BCUT2D eigenvalue weighted by Crippen LogP contribution is -2.33. The van der Waals surface area contributed by atoms with Gasteiger partial charge in [0, 0.05) is 23.9 Å². The normalized spacial score (nSPS) is 13.0. The molecule has 7 nitrogen and oxygen atoms in total. The van der Waals surface area contributed by atoms with Gasteiger partial charge in [-0.1, -0.05) is 18.2 Å². The maximum atomic E-state index is 13.5. The number of nitrogens with one attached hydrogen (secondary N) is 1. The van der Waals surface area contributed by atoms with Crippen molar-refractivity contribution in [1.82, 2.24) is 9.88 Å². The summed E-state index contributed by atoms with van der Waals surface area (Å²) < 4.78 is 11.9. The van der Waals surface area contributed by atoms with Crippen LogP contribution in [0.4, 0.5) is 5.00 Å². The number of thiazole rings is 1. The zero-order valence-corrected chi connectivity index (χ0v) is 20.6. The van der Waals surface area contributed by atoms with Gasteiger partial charge in [0.15, 0.2) is 0 Å². The third-order valence-corrected chi connectivity index (χ3v) is 8.08. The van der Waals surface area contributed by atoms with E-state index >= 15 is 0 Å². The highest BCUT2D eigenvalue weighted by Gasteiger charge is 2.29. The Morgan fingerprint density at radius 3 is 2.44 bits per heavy atom. The molecular weight excluding hydrogens is 470 g/mol. The molecule has 0 unspecified atom stereocenters. The average Bonchev–Trinajstić information content (AvgIpc) is 3.43. The maximum Gasteiger partial charge on any atom is 0.263 e. The second kappa shape index (κ2) is 9.08. The monoisotopic (exact) mass is 493 g/mol. The fraction of sp³-hybridized carbons (Fsp3) is 0.240. The Morgan fingerprint density at radius 1 is 1.03 bits per heavy atom. The van der Waals surface area contributed by atoms with Gasteiger partial charge in [0.2, 0.25) is 5.91 Å². The molecule has 0 saturated heterocycles. The molecule has 0 atom stereocenters. The molecule has 5 rings (SSSR count). The summed E-state index contributed by atoms with van der Waals surface area (Å²) in [6.07, 6.45) is 0.713. The van der Waals surface area contributed by atoms with E-state index in [-0.39, 0.29) is 11.8 Å². The second-order valence-electron chi connectivity index (χ2n) is 7.88. The number of rotatable bonds is 5. The number of para-hydroxylation sites is 1. The lowest BCUT2D eigenvalue weighted by Gasteiger charge is -2.26. The predicted octanol–water partition coefficient (Wildman–Crippen LogP) is 5.20. The lowest BCUT2D eigenvalue weighted by atomic mass is 10.0. The van der Waals surface area contributed by atoms with Gasteiger partial charge >= 0.3 is 0 Å². The van der Waals surface area contributed by atoms with Crippen LogP contribution in [-0.4, -0.2) is 42.5 Å². The van der Waals surface area contributed by atoms with Gasteiger partial charge in [-0.2, -0.15) is 0 Å². The summed E-state index contributed by atoms with van der Waals surface area (Å²) in [4.78, 5) is 33.2. The number of thiophene rings is 1. The molecule has 1 aliphatic heterocycles. The van der Waals surface area contributed by atoms with Crippen molar-refractivity contribution in [2.45, 2.75) is 19.9 Å². The molecule has 2 amide bonds. The first-order valence-corrected chi connectivity index (χ1v) is 12.4. The van der Waals surface area contributed by atoms with Crippen LogP contribution in [0.15, 0.2) is 42.5 Å². The van der Waals surface area contributed by atoms with E-state index in [1.807, 2.05) is 29.2 Å². The molecule has 4 aromatic rings. The quantitative estimate of drug-likeness (QED) is 0.413. The molecule has 0 saturated carbocycles. The second-order valence-corrected chi connectivity index (χ2v) is 10.0. The van der Waals surface area contributed by atoms with Crippen molar-refractivity contribution in [3.8, 4) is 22.1 Å².